The van der Waals surface area contributed by atoms with Gasteiger partial charge in [0.1, 0.15) is 18.1 Å². The van der Waals surface area contributed by atoms with E-state index in [0.29, 0.717) is 30.0 Å². The molecule has 9 heteroatoms. The number of carbonyl (C=O) groups excluding carboxylic acids is 2. The maximum atomic E-state index is 13.3. The average molecular weight is 429 g/mol. The fraction of sp³-hybridized carbons (Fsp3) is 0.190. The van der Waals surface area contributed by atoms with Crippen LogP contribution in [0, 0.1) is 5.82 Å². The minimum absolute atomic E-state index is 0.0679. The summed E-state index contributed by atoms with van der Waals surface area (Å²) < 4.78 is 20.3. The van der Waals surface area contributed by atoms with Gasteiger partial charge in [0.25, 0.3) is 5.91 Å². The Morgan fingerprint density at radius 3 is 2.87 bits per heavy atom. The molecule has 0 bridgehead atoms. The van der Waals surface area contributed by atoms with Crippen LogP contribution < -0.4 is 10.6 Å². The SMILES string of the molecule is O=C(NC1CCn2c(C(=O)Nc3ccc(F)c(Cl)c3)ccc21)OCc1ccccn1. The quantitative estimate of drug-likeness (QED) is 0.634. The largest absolute Gasteiger partial charge is 0.443 e. The molecule has 0 saturated carbocycles. The van der Waals surface area contributed by atoms with Gasteiger partial charge in [0.15, 0.2) is 0 Å². The number of amides is 2. The lowest BCUT2D eigenvalue weighted by Gasteiger charge is -2.12. The van der Waals surface area contributed by atoms with E-state index in [1.54, 1.807) is 30.5 Å². The van der Waals surface area contributed by atoms with Gasteiger partial charge >= 0.3 is 6.09 Å². The van der Waals surface area contributed by atoms with Crippen molar-refractivity contribution in [3.05, 3.63) is 82.6 Å². The number of fused-ring (bicyclic) bond motifs is 1. The molecule has 0 spiro atoms. The van der Waals surface area contributed by atoms with Crippen molar-refractivity contribution in [2.45, 2.75) is 25.6 Å². The van der Waals surface area contributed by atoms with E-state index < -0.39 is 11.9 Å². The lowest BCUT2D eigenvalue weighted by Crippen LogP contribution is -2.27. The highest BCUT2D eigenvalue weighted by atomic mass is 35.5. The van der Waals surface area contributed by atoms with Gasteiger partial charge in [0.2, 0.25) is 0 Å². The average Bonchev–Trinajstić information content (AvgIpc) is 3.33. The summed E-state index contributed by atoms with van der Waals surface area (Å²) in [5, 5.41) is 5.46. The van der Waals surface area contributed by atoms with E-state index in [1.807, 2.05) is 10.6 Å². The van der Waals surface area contributed by atoms with Gasteiger partial charge in [-0.25, -0.2) is 9.18 Å². The van der Waals surface area contributed by atoms with Crippen molar-refractivity contribution in [1.29, 1.82) is 0 Å². The van der Waals surface area contributed by atoms with Crippen LogP contribution in [-0.2, 0) is 17.9 Å². The zero-order valence-electron chi connectivity index (χ0n) is 15.8. The summed E-state index contributed by atoms with van der Waals surface area (Å²) in [6.07, 6.45) is 1.72. The summed E-state index contributed by atoms with van der Waals surface area (Å²) in [5.74, 6) is -0.899. The molecule has 0 saturated heterocycles. The van der Waals surface area contributed by atoms with Crippen LogP contribution in [0.25, 0.3) is 0 Å². The van der Waals surface area contributed by atoms with E-state index >= 15 is 0 Å². The molecule has 3 aromatic rings. The molecule has 154 valence electrons. The number of carbonyl (C=O) groups is 2. The molecule has 1 aromatic carbocycles. The Labute approximate surface area is 176 Å². The van der Waals surface area contributed by atoms with Crippen molar-refractivity contribution in [2.24, 2.45) is 0 Å². The number of ether oxygens (including phenoxy) is 1. The molecule has 4 rings (SSSR count). The lowest BCUT2D eigenvalue weighted by atomic mass is 10.2. The van der Waals surface area contributed by atoms with Crippen molar-refractivity contribution in [2.75, 3.05) is 5.32 Å². The first-order valence-corrected chi connectivity index (χ1v) is 9.68. The van der Waals surface area contributed by atoms with Gasteiger partial charge < -0.3 is 19.9 Å². The van der Waals surface area contributed by atoms with Crippen molar-refractivity contribution in [3.8, 4) is 0 Å². The van der Waals surface area contributed by atoms with Gasteiger partial charge in [-0.3, -0.25) is 9.78 Å². The van der Waals surface area contributed by atoms with Crippen LogP contribution in [0.4, 0.5) is 14.9 Å². The number of hydrogen-bond acceptors (Lipinski definition) is 4. The van der Waals surface area contributed by atoms with Crippen molar-refractivity contribution in [1.82, 2.24) is 14.9 Å². The molecule has 2 amide bonds. The molecule has 1 unspecified atom stereocenters. The topological polar surface area (TPSA) is 85.2 Å². The second kappa shape index (κ2) is 8.54. The maximum Gasteiger partial charge on any atom is 0.408 e. The van der Waals surface area contributed by atoms with Crippen LogP contribution in [0.5, 0.6) is 0 Å². The van der Waals surface area contributed by atoms with Gasteiger partial charge in [-0.15, -0.1) is 0 Å². The van der Waals surface area contributed by atoms with Crippen molar-refractivity contribution in [3.63, 3.8) is 0 Å². The number of halogens is 2. The Bertz CT molecular complexity index is 1090. The minimum atomic E-state index is -0.554. The first kappa shape index (κ1) is 19.9. The molecular formula is C21H18ClFN4O3. The van der Waals surface area contributed by atoms with Crippen molar-refractivity contribution >= 4 is 29.3 Å². The Morgan fingerprint density at radius 2 is 2.10 bits per heavy atom. The lowest BCUT2D eigenvalue weighted by molar-refractivity contribution is 0.101. The molecular weight excluding hydrogens is 411 g/mol. The molecule has 0 aliphatic carbocycles. The molecule has 30 heavy (non-hydrogen) atoms. The highest BCUT2D eigenvalue weighted by Crippen LogP contribution is 2.29. The summed E-state index contributed by atoms with van der Waals surface area (Å²) in [4.78, 5) is 28.9. The summed E-state index contributed by atoms with van der Waals surface area (Å²) in [6, 6.07) is 12.6. The van der Waals surface area contributed by atoms with E-state index in [0.717, 1.165) is 5.69 Å². The molecule has 0 radical (unpaired) electrons. The fourth-order valence-corrected chi connectivity index (χ4v) is 3.54. The number of pyridine rings is 1. The zero-order valence-corrected chi connectivity index (χ0v) is 16.5. The highest BCUT2D eigenvalue weighted by molar-refractivity contribution is 6.31. The second-order valence-corrected chi connectivity index (χ2v) is 7.17. The molecule has 1 atom stereocenters. The highest BCUT2D eigenvalue weighted by Gasteiger charge is 2.28. The van der Waals surface area contributed by atoms with Crippen LogP contribution in [0.3, 0.4) is 0 Å². The number of anilines is 1. The number of hydrogen-bond donors (Lipinski definition) is 2. The van der Waals surface area contributed by atoms with Gasteiger partial charge in [-0.05, 0) is 48.9 Å². The van der Waals surface area contributed by atoms with E-state index in [4.69, 9.17) is 16.3 Å². The second-order valence-electron chi connectivity index (χ2n) is 6.76. The fourth-order valence-electron chi connectivity index (χ4n) is 3.36. The molecule has 2 aromatic heterocycles. The molecule has 3 heterocycles. The van der Waals surface area contributed by atoms with E-state index in [-0.39, 0.29) is 23.6 Å². The van der Waals surface area contributed by atoms with Crippen LogP contribution in [0.15, 0.2) is 54.7 Å². The first-order chi connectivity index (χ1) is 14.5. The number of benzene rings is 1. The van der Waals surface area contributed by atoms with Crippen molar-refractivity contribution < 1.29 is 18.7 Å². The maximum absolute atomic E-state index is 13.3. The Hall–Kier alpha value is -3.39. The summed E-state index contributed by atoms with van der Waals surface area (Å²) in [6.45, 7) is 0.648. The minimum Gasteiger partial charge on any atom is -0.443 e. The standard InChI is InChI=1S/C21H18ClFN4O3/c22-15-11-13(4-5-16(15)23)25-20(28)19-7-6-18-17(8-10-27(18)19)26-21(29)30-12-14-3-1-2-9-24-14/h1-7,9,11,17H,8,10,12H2,(H,25,28)(H,26,29). The van der Waals surface area contributed by atoms with E-state index in [9.17, 15) is 14.0 Å². The van der Waals surface area contributed by atoms with Crippen LogP contribution in [-0.4, -0.2) is 21.6 Å². The van der Waals surface area contributed by atoms with E-state index in [1.165, 1.54) is 18.2 Å². The molecule has 7 nitrogen and oxygen atoms in total. The molecule has 2 N–H and O–H groups in total. The predicted octanol–water partition coefficient (Wildman–Crippen LogP) is 4.30. The number of rotatable bonds is 5. The first-order valence-electron chi connectivity index (χ1n) is 9.30. The normalized spacial score (nSPS) is 14.8. The van der Waals surface area contributed by atoms with Gasteiger partial charge in [0.05, 0.1) is 16.8 Å². The van der Waals surface area contributed by atoms with Crippen LogP contribution >= 0.6 is 11.6 Å². The molecule has 0 fully saturated rings. The van der Waals surface area contributed by atoms with Gasteiger partial charge in [-0.2, -0.15) is 0 Å². The molecule has 1 aliphatic rings. The van der Waals surface area contributed by atoms with Crippen LogP contribution in [0.2, 0.25) is 5.02 Å². The van der Waals surface area contributed by atoms with Gasteiger partial charge in [0, 0.05) is 24.1 Å². The molecule has 1 aliphatic heterocycles. The smallest absolute Gasteiger partial charge is 0.408 e. The third-order valence-electron chi connectivity index (χ3n) is 4.79. The summed E-state index contributed by atoms with van der Waals surface area (Å²) >= 11 is 5.76. The Kier molecular flexibility index (Phi) is 5.67. The summed E-state index contributed by atoms with van der Waals surface area (Å²) in [7, 11) is 0. The third-order valence-corrected chi connectivity index (χ3v) is 5.08. The van der Waals surface area contributed by atoms with Crippen LogP contribution in [0.1, 0.15) is 34.3 Å². The third kappa shape index (κ3) is 4.28. The monoisotopic (exact) mass is 428 g/mol. The Morgan fingerprint density at radius 1 is 1.23 bits per heavy atom. The number of alkyl carbamates (subject to hydrolysis) is 1. The Balaban J connectivity index is 1.38. The zero-order chi connectivity index (χ0) is 21.1. The summed E-state index contributed by atoms with van der Waals surface area (Å²) in [5.41, 5.74) is 2.30. The van der Waals surface area contributed by atoms with E-state index in [2.05, 4.69) is 15.6 Å². The number of nitrogens with one attached hydrogen (secondary N) is 2. The van der Waals surface area contributed by atoms with Gasteiger partial charge in [-0.1, -0.05) is 17.7 Å². The number of nitrogens with zero attached hydrogens (tertiary/aromatic N) is 2. The number of aromatic nitrogens is 2. The predicted molar refractivity (Wildman–Crippen MR) is 109 cm³/mol.